The summed E-state index contributed by atoms with van der Waals surface area (Å²) in [5.41, 5.74) is 6.23. The van der Waals surface area contributed by atoms with Gasteiger partial charge in [0, 0.05) is 53.6 Å². The zero-order valence-corrected chi connectivity index (χ0v) is 26.9. The lowest BCUT2D eigenvalue weighted by molar-refractivity contribution is 0.0216. The third-order valence-corrected chi connectivity index (χ3v) is 8.18. The van der Waals surface area contributed by atoms with Crippen molar-refractivity contribution in [1.29, 1.82) is 5.41 Å². The topological polar surface area (TPSA) is 127 Å². The fraction of sp³-hybridized carbons (Fsp3) is 0.485. The Morgan fingerprint density at radius 2 is 1.93 bits per heavy atom. The van der Waals surface area contributed by atoms with E-state index in [1.54, 1.807) is 19.1 Å². The summed E-state index contributed by atoms with van der Waals surface area (Å²) in [4.78, 5) is 21.4. The number of rotatable bonds is 11. The van der Waals surface area contributed by atoms with Gasteiger partial charge in [-0.3, -0.25) is 0 Å². The zero-order valence-electron chi connectivity index (χ0n) is 26.1. The van der Waals surface area contributed by atoms with Crippen LogP contribution in [0.5, 0.6) is 11.8 Å². The highest BCUT2D eigenvalue weighted by Crippen LogP contribution is 2.37. The second-order valence-corrected chi connectivity index (χ2v) is 12.1. The maximum absolute atomic E-state index is 10.2. The van der Waals surface area contributed by atoms with Gasteiger partial charge < -0.3 is 29.6 Å². The van der Waals surface area contributed by atoms with E-state index in [2.05, 4.69) is 9.88 Å². The molecule has 234 valence electrons. The number of anilines is 1. The SMILES string of the molecule is CCC[C@@H](O)COc1ccc(Cl)c(-c2nc(C(C(C)=N)=C(C)C)c(C)c(N3Cc4cnc(OC5CCOCC5)nc4C3)n2)c1. The van der Waals surface area contributed by atoms with Crippen LogP contribution in [0, 0.1) is 12.3 Å². The summed E-state index contributed by atoms with van der Waals surface area (Å²) in [6, 6.07) is 5.73. The van der Waals surface area contributed by atoms with E-state index in [9.17, 15) is 5.11 Å². The van der Waals surface area contributed by atoms with Gasteiger partial charge in [0.15, 0.2) is 5.82 Å². The molecule has 0 bridgehead atoms. The van der Waals surface area contributed by atoms with Gasteiger partial charge in [-0.05, 0) is 52.3 Å². The van der Waals surface area contributed by atoms with Crippen molar-refractivity contribution in [3.63, 3.8) is 0 Å². The molecule has 2 aliphatic rings. The monoisotopic (exact) mass is 620 g/mol. The number of allylic oxidation sites excluding steroid dienone is 2. The van der Waals surface area contributed by atoms with E-state index >= 15 is 0 Å². The van der Waals surface area contributed by atoms with Crippen molar-refractivity contribution in [2.45, 2.75) is 85.6 Å². The van der Waals surface area contributed by atoms with Crippen molar-refractivity contribution >= 4 is 28.7 Å². The van der Waals surface area contributed by atoms with Crippen molar-refractivity contribution in [2.75, 3.05) is 24.7 Å². The van der Waals surface area contributed by atoms with Gasteiger partial charge >= 0.3 is 6.01 Å². The van der Waals surface area contributed by atoms with E-state index in [1.807, 2.05) is 40.0 Å². The van der Waals surface area contributed by atoms with Gasteiger partial charge in [0.05, 0.1) is 42.3 Å². The molecule has 44 heavy (non-hydrogen) atoms. The molecule has 0 saturated carbocycles. The summed E-state index contributed by atoms with van der Waals surface area (Å²) in [5.74, 6) is 1.73. The van der Waals surface area contributed by atoms with Crippen LogP contribution in [0.15, 0.2) is 30.0 Å². The predicted octanol–water partition coefficient (Wildman–Crippen LogP) is 6.35. The van der Waals surface area contributed by atoms with Crippen molar-refractivity contribution in [2.24, 2.45) is 0 Å². The Bertz CT molecular complexity index is 1550. The molecule has 0 aliphatic carbocycles. The van der Waals surface area contributed by atoms with E-state index in [-0.39, 0.29) is 12.7 Å². The molecule has 3 aromatic rings. The Morgan fingerprint density at radius 3 is 2.64 bits per heavy atom. The number of fused-ring (bicyclic) bond motifs is 1. The third-order valence-electron chi connectivity index (χ3n) is 7.85. The molecule has 1 saturated heterocycles. The lowest BCUT2D eigenvalue weighted by Crippen LogP contribution is -2.26. The van der Waals surface area contributed by atoms with Crippen molar-refractivity contribution < 1.29 is 19.3 Å². The number of nitrogens with zero attached hydrogens (tertiary/aromatic N) is 5. The molecule has 0 spiro atoms. The number of nitrogens with one attached hydrogen (secondary N) is 1. The average Bonchev–Trinajstić information content (AvgIpc) is 3.41. The molecule has 0 amide bonds. The summed E-state index contributed by atoms with van der Waals surface area (Å²) < 4.78 is 17.4. The number of aliphatic hydroxyl groups excluding tert-OH is 1. The van der Waals surface area contributed by atoms with Gasteiger partial charge in [-0.15, -0.1) is 0 Å². The van der Waals surface area contributed by atoms with Crippen LogP contribution in [0.1, 0.15) is 75.9 Å². The first kappa shape index (κ1) is 31.8. The van der Waals surface area contributed by atoms with Crippen LogP contribution in [0.25, 0.3) is 17.0 Å². The minimum atomic E-state index is -0.550. The number of hydrogen-bond acceptors (Lipinski definition) is 10. The third kappa shape index (κ3) is 7.20. The number of hydrogen-bond donors (Lipinski definition) is 2. The maximum Gasteiger partial charge on any atom is 0.316 e. The molecule has 1 fully saturated rings. The Labute approximate surface area is 264 Å². The molecule has 5 rings (SSSR count). The smallest absolute Gasteiger partial charge is 0.316 e. The van der Waals surface area contributed by atoms with Crippen LogP contribution in [-0.2, 0) is 17.8 Å². The molecule has 0 radical (unpaired) electrons. The minimum absolute atomic E-state index is 0.0554. The first-order chi connectivity index (χ1) is 21.1. The largest absolute Gasteiger partial charge is 0.491 e. The summed E-state index contributed by atoms with van der Waals surface area (Å²) >= 11 is 6.73. The fourth-order valence-corrected chi connectivity index (χ4v) is 5.83. The van der Waals surface area contributed by atoms with E-state index in [1.165, 1.54) is 0 Å². The Balaban J connectivity index is 1.51. The molecule has 10 nitrogen and oxygen atoms in total. The van der Waals surface area contributed by atoms with Crippen molar-refractivity contribution in [3.8, 4) is 23.1 Å². The molecule has 2 N–H and O–H groups in total. The summed E-state index contributed by atoms with van der Waals surface area (Å²) in [6.45, 7) is 12.4. The number of ether oxygens (including phenoxy) is 3. The highest BCUT2D eigenvalue weighted by molar-refractivity contribution is 6.33. The van der Waals surface area contributed by atoms with E-state index in [0.717, 1.165) is 53.0 Å². The highest BCUT2D eigenvalue weighted by atomic mass is 35.5. The maximum atomic E-state index is 10.2. The van der Waals surface area contributed by atoms with Crippen LogP contribution in [0.4, 0.5) is 5.82 Å². The molecule has 1 atom stereocenters. The average molecular weight is 621 g/mol. The second-order valence-electron chi connectivity index (χ2n) is 11.6. The second kappa shape index (κ2) is 14.0. The zero-order chi connectivity index (χ0) is 31.4. The highest BCUT2D eigenvalue weighted by Gasteiger charge is 2.28. The molecular formula is C33H41ClN6O4. The Morgan fingerprint density at radius 1 is 1.16 bits per heavy atom. The van der Waals surface area contributed by atoms with Gasteiger partial charge in [-0.2, -0.15) is 4.98 Å². The normalized spacial score (nSPS) is 15.6. The molecular weight excluding hydrogens is 580 g/mol. The van der Waals surface area contributed by atoms with Crippen molar-refractivity contribution in [3.05, 3.63) is 57.5 Å². The molecule has 0 unspecified atom stereocenters. The van der Waals surface area contributed by atoms with E-state index < -0.39 is 6.10 Å². The van der Waals surface area contributed by atoms with Gasteiger partial charge in [0.25, 0.3) is 0 Å². The van der Waals surface area contributed by atoms with Crippen LogP contribution in [0.3, 0.4) is 0 Å². The summed E-state index contributed by atoms with van der Waals surface area (Å²) in [6.07, 6.45) is 4.52. The van der Waals surface area contributed by atoms with Gasteiger partial charge in [-0.1, -0.05) is 30.5 Å². The fourth-order valence-electron chi connectivity index (χ4n) is 5.62. The Hall–Kier alpha value is -3.60. The van der Waals surface area contributed by atoms with Crippen LogP contribution in [0.2, 0.25) is 5.02 Å². The first-order valence-electron chi connectivity index (χ1n) is 15.2. The number of aliphatic hydroxyl groups is 1. The molecule has 11 heteroatoms. The van der Waals surface area contributed by atoms with Gasteiger partial charge in [0.1, 0.15) is 24.3 Å². The van der Waals surface area contributed by atoms with Gasteiger partial charge in [0.2, 0.25) is 0 Å². The predicted molar refractivity (Wildman–Crippen MR) is 172 cm³/mol. The summed E-state index contributed by atoms with van der Waals surface area (Å²) in [7, 11) is 0. The Kier molecular flexibility index (Phi) is 10.1. The first-order valence-corrected chi connectivity index (χ1v) is 15.6. The van der Waals surface area contributed by atoms with Crippen LogP contribution in [-0.4, -0.2) is 62.8 Å². The lowest BCUT2D eigenvalue weighted by atomic mass is 9.98. The van der Waals surface area contributed by atoms with E-state index in [0.29, 0.717) is 72.3 Å². The minimum Gasteiger partial charge on any atom is -0.491 e. The van der Waals surface area contributed by atoms with Crippen molar-refractivity contribution in [1.82, 2.24) is 19.9 Å². The lowest BCUT2D eigenvalue weighted by Gasteiger charge is -2.23. The molecule has 2 aromatic heterocycles. The number of halogens is 1. The van der Waals surface area contributed by atoms with E-state index in [4.69, 9.17) is 46.2 Å². The van der Waals surface area contributed by atoms with Gasteiger partial charge in [-0.25, -0.2) is 15.0 Å². The molecule has 2 aliphatic heterocycles. The summed E-state index contributed by atoms with van der Waals surface area (Å²) in [5, 5.41) is 19.2. The van der Waals surface area contributed by atoms with Crippen LogP contribution >= 0.6 is 11.6 Å². The standard InChI is InChI=1S/C33H41ClN6O4/c1-6-7-23(41)18-43-25-8-9-27(34)26(14-25)31-38-30(29(19(2)3)21(5)35)20(4)32(39-31)40-16-22-15-36-33(37-28(22)17-40)44-24-10-12-42-13-11-24/h8-9,14-15,23-24,35,41H,6-7,10-13,16-18H2,1-5H3/t23-/m1/s1. The van der Waals surface area contributed by atoms with Crippen LogP contribution < -0.4 is 14.4 Å². The number of benzene rings is 1. The number of aromatic nitrogens is 4. The molecule has 4 heterocycles. The molecule has 1 aromatic carbocycles. The quantitative estimate of drug-likeness (QED) is 0.236.